The van der Waals surface area contributed by atoms with Gasteiger partial charge in [0, 0.05) is 112 Å². The Balaban J connectivity index is 0.860. The van der Waals surface area contributed by atoms with Crippen molar-refractivity contribution in [2.24, 2.45) is 0 Å². The van der Waals surface area contributed by atoms with E-state index in [9.17, 15) is 0 Å². The van der Waals surface area contributed by atoms with Crippen molar-refractivity contribution in [1.82, 2.24) is 8.96 Å². The van der Waals surface area contributed by atoms with E-state index in [-0.39, 0.29) is 19.6 Å². The van der Waals surface area contributed by atoms with Gasteiger partial charge in [-0.15, -0.1) is 0 Å². The summed E-state index contributed by atoms with van der Waals surface area (Å²) in [4.78, 5) is 7.90. The van der Waals surface area contributed by atoms with E-state index in [4.69, 9.17) is 0 Å². The smallest absolute Gasteiger partial charge is 0.333 e. The molecule has 1 aliphatic carbocycles. The zero-order chi connectivity index (χ0) is 74.1. The predicted molar refractivity (Wildman–Crippen MR) is 484 cm³/mol. The third-order valence-electron chi connectivity index (χ3n) is 26.5. The SMILES string of the molecule is c1ccc(N2c3cc4c(cc3B3c5c(cc(C(c6ccc7ccccc7c6)c6ccc7ccccc7c6)cc52)-c2c5c6ccccc6n6c5c(c5c7ccccc7n3c25)-c2cc(N(c3ccc5ccccc5c3)c3ccc5ccccc5c3)cc3c2B6c2cc5ccccc5cc2N3c2ccc3ccccc3c2)CCCC4)cc1. The van der Waals surface area contributed by atoms with Gasteiger partial charge in [-0.05, 0) is 242 Å². The van der Waals surface area contributed by atoms with Crippen LogP contribution in [0, 0.1) is 0 Å². The minimum atomic E-state index is -0.281. The molecule has 5 aliphatic rings. The second kappa shape index (κ2) is 23.7. The summed E-state index contributed by atoms with van der Waals surface area (Å²) in [6.45, 7) is -0.494. The molecule has 114 heavy (non-hydrogen) atoms. The third kappa shape index (κ3) is 8.86. The fourth-order valence-corrected chi connectivity index (χ4v) is 21.6. The fourth-order valence-electron chi connectivity index (χ4n) is 21.6. The van der Waals surface area contributed by atoms with Gasteiger partial charge < -0.3 is 23.7 Å². The number of anilines is 9. The Kier molecular flexibility index (Phi) is 13.0. The topological polar surface area (TPSA) is 19.6 Å². The van der Waals surface area contributed by atoms with Crippen LogP contribution in [0.25, 0.3) is 131 Å². The van der Waals surface area contributed by atoms with E-state index >= 15 is 0 Å². The minimum absolute atomic E-state index is 0.170. The molecule has 0 bridgehead atoms. The molecular weight excluding hydrogens is 1380 g/mol. The van der Waals surface area contributed by atoms with E-state index in [2.05, 4.69) is 388 Å². The summed E-state index contributed by atoms with van der Waals surface area (Å²) in [6.07, 6.45) is 4.49. The van der Waals surface area contributed by atoms with E-state index < -0.39 is 0 Å². The molecule has 5 nitrogen and oxygen atoms in total. The molecule has 2 aromatic heterocycles. The first-order valence-electron chi connectivity index (χ1n) is 40.5. The summed E-state index contributed by atoms with van der Waals surface area (Å²) in [5, 5.41) is 19.6. The Morgan fingerprint density at radius 2 is 0.684 bits per heavy atom. The Morgan fingerprint density at radius 3 is 1.24 bits per heavy atom. The van der Waals surface area contributed by atoms with Crippen molar-refractivity contribution in [1.29, 1.82) is 0 Å². The van der Waals surface area contributed by atoms with Gasteiger partial charge in [-0.1, -0.05) is 273 Å². The van der Waals surface area contributed by atoms with Crippen LogP contribution in [-0.2, 0) is 12.8 Å². The molecule has 0 fully saturated rings. The van der Waals surface area contributed by atoms with Crippen molar-refractivity contribution in [2.75, 3.05) is 14.7 Å². The van der Waals surface area contributed by atoms with E-state index in [1.807, 2.05) is 0 Å². The van der Waals surface area contributed by atoms with Gasteiger partial charge in [0.1, 0.15) is 0 Å². The molecule has 26 rings (SSSR count). The van der Waals surface area contributed by atoms with Gasteiger partial charge in [0.05, 0.1) is 0 Å². The lowest BCUT2D eigenvalue weighted by Crippen LogP contribution is -2.57. The predicted octanol–water partition coefficient (Wildman–Crippen LogP) is 25.2. The van der Waals surface area contributed by atoms with Gasteiger partial charge in [-0.2, -0.15) is 0 Å². The summed E-state index contributed by atoms with van der Waals surface area (Å²) in [6, 6.07) is 141. The van der Waals surface area contributed by atoms with E-state index in [1.165, 1.54) is 210 Å². The number of para-hydroxylation sites is 3. The first kappa shape index (κ1) is 62.6. The third-order valence-corrected chi connectivity index (χ3v) is 26.5. The molecule has 0 radical (unpaired) electrons. The number of rotatable bonds is 8. The van der Waals surface area contributed by atoms with Crippen LogP contribution in [0.1, 0.15) is 46.6 Å². The summed E-state index contributed by atoms with van der Waals surface area (Å²) in [5.41, 5.74) is 32.4. The first-order chi connectivity index (χ1) is 56.5. The highest BCUT2D eigenvalue weighted by atomic mass is 15.2. The molecule has 0 spiro atoms. The lowest BCUT2D eigenvalue weighted by Gasteiger charge is -2.43. The van der Waals surface area contributed by atoms with Gasteiger partial charge in [0.25, 0.3) is 0 Å². The van der Waals surface area contributed by atoms with Crippen LogP contribution in [0.2, 0.25) is 0 Å². The molecule has 0 saturated heterocycles. The van der Waals surface area contributed by atoms with Crippen LogP contribution in [0.4, 0.5) is 51.2 Å². The van der Waals surface area contributed by atoms with Crippen molar-refractivity contribution in [3.8, 4) is 22.3 Å². The lowest BCUT2D eigenvalue weighted by molar-refractivity contribution is 0.686. The monoisotopic (exact) mass is 1450 g/mol. The van der Waals surface area contributed by atoms with Crippen LogP contribution >= 0.6 is 0 Å². The van der Waals surface area contributed by atoms with Gasteiger partial charge >= 0.3 is 13.7 Å². The quantitative estimate of drug-likeness (QED) is 0.112. The zero-order valence-corrected chi connectivity index (χ0v) is 62.4. The molecule has 21 aromatic rings. The van der Waals surface area contributed by atoms with Gasteiger partial charge in [0.15, 0.2) is 0 Å². The lowest BCUT2D eigenvalue weighted by atomic mass is 9.44. The first-order valence-corrected chi connectivity index (χ1v) is 40.5. The summed E-state index contributed by atoms with van der Waals surface area (Å²) in [5.74, 6) is -0.170. The maximum Gasteiger partial charge on any atom is 0.333 e. The maximum atomic E-state index is 2.87. The number of nitrogens with zero attached hydrogens (tertiary/aromatic N) is 5. The van der Waals surface area contributed by atoms with Crippen LogP contribution in [0.3, 0.4) is 0 Å². The number of benzene rings is 19. The van der Waals surface area contributed by atoms with Crippen molar-refractivity contribution in [3.05, 3.63) is 392 Å². The number of hydrogen-bond donors (Lipinski definition) is 0. The second-order valence-electron chi connectivity index (χ2n) is 32.4. The summed E-state index contributed by atoms with van der Waals surface area (Å²) < 4.78 is 5.71. The fraction of sp³-hybridized carbons (Fsp3) is 0.0467. The molecule has 0 amide bonds. The normalized spacial score (nSPS) is 13.7. The molecule has 19 aromatic carbocycles. The van der Waals surface area contributed by atoms with Crippen molar-refractivity contribution in [3.63, 3.8) is 0 Å². The molecule has 0 unspecified atom stereocenters. The van der Waals surface area contributed by atoms with Crippen molar-refractivity contribution < 1.29 is 0 Å². The Morgan fingerprint density at radius 1 is 0.272 bits per heavy atom. The second-order valence-corrected chi connectivity index (χ2v) is 32.4. The van der Waals surface area contributed by atoms with Crippen molar-refractivity contribution in [2.45, 2.75) is 31.6 Å². The standard InChI is InChI=1S/C107H69B2N5/c1-2-36-82(37-3-1)111-95-60-77-34-16-14-32-75(77)58-91(95)108-104-89(57-81(62-97(104)111)99(79-44-42-65-22-4-9-27-70(65)52-79)80-45-43-66-23-5-10-28-71(66)53-80)102-100-87-38-18-20-40-93(87)114-107(100)103(101-88-39-19-21-41-94(88)113(108)106(101)102)90-63-86(110(83-49-46-67-24-6-11-29-72(67)54-83)84-50-47-68-25-7-12-30-73(68)55-84)64-98-105(90)109(114)92-59-76-33-15-17-35-78(76)61-96(92)112(98)85-51-48-69-26-8-13-31-74(69)56-85/h1-13,15,17-31,33,35-64,99H,14,16,32,34H2. The molecule has 0 N–H and O–H groups in total. The zero-order valence-electron chi connectivity index (χ0n) is 62.4. The van der Waals surface area contributed by atoms with Crippen LogP contribution in [0.15, 0.2) is 364 Å². The molecular formula is C107H69B2N5. The van der Waals surface area contributed by atoms with Gasteiger partial charge in [0.2, 0.25) is 0 Å². The number of aryl methyl sites for hydroxylation is 2. The summed E-state index contributed by atoms with van der Waals surface area (Å²) in [7, 11) is 0. The van der Waals surface area contributed by atoms with Crippen molar-refractivity contribution >= 4 is 195 Å². The Hall–Kier alpha value is -14.1. The van der Waals surface area contributed by atoms with Crippen LogP contribution < -0.4 is 36.6 Å². The molecule has 4 aliphatic heterocycles. The van der Waals surface area contributed by atoms with Crippen LogP contribution in [-0.4, -0.2) is 22.7 Å². The van der Waals surface area contributed by atoms with E-state index in [0.717, 1.165) is 47.0 Å². The molecule has 6 heterocycles. The minimum Gasteiger partial charge on any atom is -0.375 e. The number of fused-ring (bicyclic) bond motifs is 23. The van der Waals surface area contributed by atoms with Crippen LogP contribution in [0.5, 0.6) is 0 Å². The molecule has 0 saturated carbocycles. The van der Waals surface area contributed by atoms with Gasteiger partial charge in [-0.25, -0.2) is 0 Å². The van der Waals surface area contributed by atoms with Gasteiger partial charge in [-0.3, -0.25) is 0 Å². The highest BCUT2D eigenvalue weighted by Gasteiger charge is 2.50. The highest BCUT2D eigenvalue weighted by molar-refractivity contribution is 6.92. The Labute approximate surface area is 659 Å². The molecule has 0 atom stereocenters. The number of hydrogen-bond acceptors (Lipinski definition) is 3. The molecule has 7 heteroatoms. The molecule has 528 valence electrons. The summed E-state index contributed by atoms with van der Waals surface area (Å²) >= 11 is 0. The maximum absolute atomic E-state index is 2.87. The average Bonchev–Trinajstić information content (AvgIpc) is 1.42. The average molecular weight is 1450 g/mol. The highest BCUT2D eigenvalue weighted by Crippen LogP contribution is 2.58. The van der Waals surface area contributed by atoms with E-state index in [1.54, 1.807) is 0 Å². The largest absolute Gasteiger partial charge is 0.375 e. The Bertz CT molecular complexity index is 7660. The number of aromatic nitrogens is 2. The van der Waals surface area contributed by atoms with E-state index in [0.29, 0.717) is 0 Å².